The van der Waals surface area contributed by atoms with E-state index in [4.69, 9.17) is 11.6 Å². The summed E-state index contributed by atoms with van der Waals surface area (Å²) in [5.74, 6) is -0.661. The lowest BCUT2D eigenvalue weighted by atomic mass is 10.1. The quantitative estimate of drug-likeness (QED) is 0.653. The van der Waals surface area contributed by atoms with Crippen LogP contribution in [0.2, 0.25) is 5.02 Å². The van der Waals surface area contributed by atoms with Gasteiger partial charge >= 0.3 is 12.1 Å². The fourth-order valence-corrected chi connectivity index (χ4v) is 4.54. The predicted octanol–water partition coefficient (Wildman–Crippen LogP) is 4.22. The molecule has 146 valence electrons. The highest BCUT2D eigenvalue weighted by Gasteiger charge is 2.36. The topological polar surface area (TPSA) is 73.3 Å². The number of carbonyl (C=O) groups is 1. The van der Waals surface area contributed by atoms with E-state index in [2.05, 4.69) is 9.72 Å². The molecule has 0 fully saturated rings. The SMILES string of the molecule is COC(=O)CCC(c1ncc(C(F)(F)F)cc1Cl)S(=O)(=O)c1ccccc1. The van der Waals surface area contributed by atoms with E-state index in [0.29, 0.717) is 12.3 Å². The van der Waals surface area contributed by atoms with E-state index in [1.165, 1.54) is 24.3 Å². The van der Waals surface area contributed by atoms with Crippen LogP contribution >= 0.6 is 11.6 Å². The summed E-state index contributed by atoms with van der Waals surface area (Å²) < 4.78 is 69.0. The number of aromatic nitrogens is 1. The number of carbonyl (C=O) groups excluding carboxylic acids is 1. The molecule has 0 radical (unpaired) electrons. The number of hydrogen-bond acceptors (Lipinski definition) is 5. The Bertz CT molecular complexity index is 918. The second kappa shape index (κ2) is 8.26. The molecule has 0 saturated heterocycles. The first-order valence-corrected chi connectivity index (χ1v) is 9.58. The Kier molecular flexibility index (Phi) is 6.48. The molecule has 1 atom stereocenters. The van der Waals surface area contributed by atoms with E-state index < -0.39 is 37.8 Å². The van der Waals surface area contributed by atoms with Crippen LogP contribution in [0.3, 0.4) is 0 Å². The zero-order valence-electron chi connectivity index (χ0n) is 14.0. The molecule has 2 rings (SSSR count). The Morgan fingerprint density at radius 3 is 2.41 bits per heavy atom. The van der Waals surface area contributed by atoms with E-state index in [1.54, 1.807) is 6.07 Å². The molecule has 1 aromatic carbocycles. The van der Waals surface area contributed by atoms with Crippen LogP contribution in [-0.2, 0) is 25.5 Å². The van der Waals surface area contributed by atoms with Crippen molar-refractivity contribution in [3.05, 3.63) is 58.9 Å². The summed E-state index contributed by atoms with van der Waals surface area (Å²) in [5.41, 5.74) is -1.35. The minimum absolute atomic E-state index is 0.0577. The van der Waals surface area contributed by atoms with Gasteiger partial charge < -0.3 is 4.74 Å². The van der Waals surface area contributed by atoms with Gasteiger partial charge in [-0.1, -0.05) is 29.8 Å². The molecule has 1 heterocycles. The molecule has 1 unspecified atom stereocenters. The lowest BCUT2D eigenvalue weighted by Crippen LogP contribution is -2.18. The van der Waals surface area contributed by atoms with E-state index >= 15 is 0 Å². The fraction of sp³-hybridized carbons (Fsp3) is 0.294. The first kappa shape index (κ1) is 21.2. The second-order valence-corrected chi connectivity index (χ2v) is 8.09. The minimum atomic E-state index is -4.67. The van der Waals surface area contributed by atoms with Crippen molar-refractivity contribution in [3.8, 4) is 0 Å². The molecular formula is C17H15ClF3NO4S. The van der Waals surface area contributed by atoms with Gasteiger partial charge in [0, 0.05) is 12.6 Å². The maximum Gasteiger partial charge on any atom is 0.417 e. The molecule has 0 spiro atoms. The highest BCUT2D eigenvalue weighted by atomic mass is 35.5. The third-order valence-corrected chi connectivity index (χ3v) is 6.23. The molecule has 0 amide bonds. The zero-order valence-corrected chi connectivity index (χ0v) is 15.6. The van der Waals surface area contributed by atoms with Gasteiger partial charge in [-0.2, -0.15) is 13.2 Å². The van der Waals surface area contributed by atoms with Crippen molar-refractivity contribution < 1.29 is 31.1 Å². The van der Waals surface area contributed by atoms with Crippen molar-refractivity contribution in [2.75, 3.05) is 7.11 Å². The summed E-state index contributed by atoms with van der Waals surface area (Å²) in [4.78, 5) is 15.1. The number of alkyl halides is 3. The normalized spacial score (nSPS) is 13.2. The number of nitrogens with zero attached hydrogens (tertiary/aromatic N) is 1. The molecular weight excluding hydrogens is 407 g/mol. The number of hydrogen-bond donors (Lipinski definition) is 0. The van der Waals surface area contributed by atoms with Crippen molar-refractivity contribution in [1.82, 2.24) is 4.98 Å². The predicted molar refractivity (Wildman–Crippen MR) is 91.9 cm³/mol. The molecule has 0 bridgehead atoms. The number of rotatable bonds is 6. The number of halogens is 4. The summed E-state index contributed by atoms with van der Waals surface area (Å²) in [6.45, 7) is 0. The van der Waals surface area contributed by atoms with E-state index in [-0.39, 0.29) is 23.4 Å². The monoisotopic (exact) mass is 421 g/mol. The van der Waals surface area contributed by atoms with Gasteiger partial charge in [-0.05, 0) is 24.6 Å². The molecule has 27 heavy (non-hydrogen) atoms. The van der Waals surface area contributed by atoms with Gasteiger partial charge in [0.2, 0.25) is 0 Å². The van der Waals surface area contributed by atoms with Crippen LogP contribution in [0, 0.1) is 0 Å². The molecule has 0 aliphatic carbocycles. The van der Waals surface area contributed by atoms with Crippen LogP contribution in [0.5, 0.6) is 0 Å². The maximum absolute atomic E-state index is 13.0. The standard InChI is InChI=1S/C17H15ClF3NO4S/c1-26-15(23)8-7-14(27(24,25)12-5-3-2-4-6-12)16-13(18)9-11(10-22-16)17(19,20)21/h2-6,9-10,14H,7-8H2,1H3. The van der Waals surface area contributed by atoms with Gasteiger partial charge in [0.05, 0.1) is 28.3 Å². The van der Waals surface area contributed by atoms with Crippen LogP contribution in [0.25, 0.3) is 0 Å². The van der Waals surface area contributed by atoms with Crippen LogP contribution in [0.4, 0.5) is 13.2 Å². The first-order chi connectivity index (χ1) is 12.6. The number of sulfone groups is 1. The van der Waals surface area contributed by atoms with Crippen molar-refractivity contribution in [2.24, 2.45) is 0 Å². The first-order valence-electron chi connectivity index (χ1n) is 7.65. The van der Waals surface area contributed by atoms with Gasteiger partial charge in [0.1, 0.15) is 5.25 Å². The van der Waals surface area contributed by atoms with Crippen LogP contribution in [0.15, 0.2) is 47.5 Å². The smallest absolute Gasteiger partial charge is 0.417 e. The summed E-state index contributed by atoms with van der Waals surface area (Å²) in [6, 6.07) is 7.94. The van der Waals surface area contributed by atoms with Gasteiger partial charge in [-0.15, -0.1) is 0 Å². The van der Waals surface area contributed by atoms with Crippen molar-refractivity contribution >= 4 is 27.4 Å². The van der Waals surface area contributed by atoms with Gasteiger partial charge in [-0.25, -0.2) is 8.42 Å². The van der Waals surface area contributed by atoms with E-state index in [9.17, 15) is 26.4 Å². The Morgan fingerprint density at radius 2 is 1.89 bits per heavy atom. The Labute approximate surface area is 159 Å². The molecule has 0 saturated carbocycles. The number of benzene rings is 1. The number of methoxy groups -OCH3 is 1. The molecule has 10 heteroatoms. The Hall–Kier alpha value is -2.13. The summed E-state index contributed by atoms with van der Waals surface area (Å²) in [5, 5.41) is -1.85. The third kappa shape index (κ3) is 4.98. The molecule has 0 aliphatic rings. The Balaban J connectivity index is 2.52. The highest BCUT2D eigenvalue weighted by molar-refractivity contribution is 7.91. The summed E-state index contributed by atoms with van der Waals surface area (Å²) in [7, 11) is -2.92. The average Bonchev–Trinajstić information content (AvgIpc) is 2.62. The van der Waals surface area contributed by atoms with Gasteiger partial charge in [-0.3, -0.25) is 9.78 Å². The highest BCUT2D eigenvalue weighted by Crippen LogP contribution is 2.38. The number of esters is 1. The molecule has 1 aromatic heterocycles. The van der Waals surface area contributed by atoms with Crippen LogP contribution < -0.4 is 0 Å². The summed E-state index contributed by atoms with van der Waals surface area (Å²) >= 11 is 5.93. The lowest BCUT2D eigenvalue weighted by molar-refractivity contribution is -0.140. The number of ether oxygens (including phenoxy) is 1. The van der Waals surface area contributed by atoms with E-state index in [0.717, 1.165) is 7.11 Å². The second-order valence-electron chi connectivity index (χ2n) is 5.55. The molecule has 2 aromatic rings. The maximum atomic E-state index is 13.0. The molecule has 0 aliphatic heterocycles. The Morgan fingerprint density at radius 1 is 1.26 bits per heavy atom. The minimum Gasteiger partial charge on any atom is -0.469 e. The van der Waals surface area contributed by atoms with Crippen molar-refractivity contribution in [2.45, 2.75) is 29.2 Å². The lowest BCUT2D eigenvalue weighted by Gasteiger charge is -2.19. The van der Waals surface area contributed by atoms with Gasteiger partial charge in [0.15, 0.2) is 9.84 Å². The number of pyridine rings is 1. The third-order valence-electron chi connectivity index (χ3n) is 3.79. The van der Waals surface area contributed by atoms with Crippen LogP contribution in [-0.4, -0.2) is 26.5 Å². The largest absolute Gasteiger partial charge is 0.469 e. The fourth-order valence-electron chi connectivity index (χ4n) is 2.40. The molecule has 5 nitrogen and oxygen atoms in total. The summed E-state index contributed by atoms with van der Waals surface area (Å²) in [6.07, 6.45) is -4.67. The van der Waals surface area contributed by atoms with Crippen LogP contribution in [0.1, 0.15) is 29.3 Å². The van der Waals surface area contributed by atoms with Gasteiger partial charge in [0.25, 0.3) is 0 Å². The van der Waals surface area contributed by atoms with E-state index in [1.807, 2.05) is 0 Å². The van der Waals surface area contributed by atoms with Crippen molar-refractivity contribution in [3.63, 3.8) is 0 Å². The average molecular weight is 422 g/mol. The molecule has 0 N–H and O–H groups in total. The van der Waals surface area contributed by atoms with Crippen molar-refractivity contribution in [1.29, 1.82) is 0 Å². The zero-order chi connectivity index (χ0) is 20.2.